The average molecular weight is 493 g/mol. The van der Waals surface area contributed by atoms with Crippen LogP contribution in [0.2, 0.25) is 0 Å². The van der Waals surface area contributed by atoms with E-state index in [2.05, 4.69) is 38.4 Å². The van der Waals surface area contributed by atoms with E-state index in [-0.39, 0.29) is 30.3 Å². The zero-order chi connectivity index (χ0) is 23.1. The first-order valence-corrected chi connectivity index (χ1v) is 12.8. The number of benzene rings is 1. The first-order valence-electron chi connectivity index (χ1n) is 12.8. The number of aromatic nitrogens is 3. The third-order valence-electron chi connectivity index (χ3n) is 7.41. The number of carbonyl (C=O) groups is 1. The second-order valence-electron chi connectivity index (χ2n) is 10.1. The highest BCUT2D eigenvalue weighted by atomic mass is 35.5. The highest BCUT2D eigenvalue weighted by molar-refractivity contribution is 5.97. The molecule has 2 aliphatic carbocycles. The number of nitrogens with one attached hydrogen (secondary N) is 1. The smallest absolute Gasteiger partial charge is 0.229 e. The summed E-state index contributed by atoms with van der Waals surface area (Å²) < 4.78 is 0. The van der Waals surface area contributed by atoms with E-state index in [1.54, 1.807) is 6.20 Å². The van der Waals surface area contributed by atoms with Crippen molar-refractivity contribution in [3.8, 4) is 11.3 Å². The van der Waals surface area contributed by atoms with Gasteiger partial charge < -0.3 is 10.6 Å². The third-order valence-corrected chi connectivity index (χ3v) is 7.41. The van der Waals surface area contributed by atoms with Gasteiger partial charge in [0.25, 0.3) is 0 Å². The van der Waals surface area contributed by atoms with Gasteiger partial charge in [0.2, 0.25) is 11.9 Å². The highest BCUT2D eigenvalue weighted by Crippen LogP contribution is 2.38. The average Bonchev–Trinajstić information content (AvgIpc) is 3.60. The van der Waals surface area contributed by atoms with Crippen LogP contribution < -0.4 is 16.0 Å². The number of fused-ring (bicyclic) bond motifs is 2. The zero-order valence-corrected chi connectivity index (χ0v) is 20.8. The molecule has 1 saturated carbocycles. The maximum atomic E-state index is 12.2. The van der Waals surface area contributed by atoms with Gasteiger partial charge in [0.15, 0.2) is 0 Å². The van der Waals surface area contributed by atoms with Crippen LogP contribution in [0, 0.1) is 5.92 Å². The molecule has 0 spiro atoms. The molecule has 0 bridgehead atoms. The highest BCUT2D eigenvalue weighted by Gasteiger charge is 2.30. The second-order valence-corrected chi connectivity index (χ2v) is 10.1. The summed E-state index contributed by atoms with van der Waals surface area (Å²) >= 11 is 0. The van der Waals surface area contributed by atoms with Gasteiger partial charge in [0.1, 0.15) is 0 Å². The van der Waals surface area contributed by atoms with Crippen molar-refractivity contribution < 1.29 is 4.79 Å². The molecule has 1 unspecified atom stereocenters. The molecular formula is C27H33ClN6O. The maximum Gasteiger partial charge on any atom is 0.229 e. The summed E-state index contributed by atoms with van der Waals surface area (Å²) in [6, 6.07) is 8.54. The van der Waals surface area contributed by atoms with Crippen LogP contribution in [0.4, 0.5) is 11.6 Å². The van der Waals surface area contributed by atoms with E-state index in [0.717, 1.165) is 62.0 Å². The minimum Gasteiger partial charge on any atom is -0.369 e. The number of rotatable bonds is 4. The number of hydrogen-bond acceptors (Lipinski definition) is 6. The molecule has 184 valence electrons. The largest absolute Gasteiger partial charge is 0.369 e. The summed E-state index contributed by atoms with van der Waals surface area (Å²) in [6.07, 6.45) is 11.8. The fourth-order valence-electron chi connectivity index (χ4n) is 5.40. The fraction of sp³-hybridized carbons (Fsp3) is 0.481. The number of hydrogen-bond donors (Lipinski definition) is 2. The second kappa shape index (κ2) is 10.1. The van der Waals surface area contributed by atoms with Crippen molar-refractivity contribution in [2.45, 2.75) is 63.8 Å². The van der Waals surface area contributed by atoms with Crippen molar-refractivity contribution in [3.63, 3.8) is 0 Å². The molecule has 1 aromatic carbocycles. The Morgan fingerprint density at radius 2 is 1.86 bits per heavy atom. The number of nitrogens with two attached hydrogens (primary N) is 1. The van der Waals surface area contributed by atoms with Gasteiger partial charge in [0, 0.05) is 47.9 Å². The first kappa shape index (κ1) is 23.9. The molecule has 7 nitrogen and oxygen atoms in total. The lowest BCUT2D eigenvalue weighted by Gasteiger charge is -2.27. The van der Waals surface area contributed by atoms with Crippen LogP contribution in [0.25, 0.3) is 22.2 Å². The van der Waals surface area contributed by atoms with Gasteiger partial charge in [0.05, 0.1) is 16.9 Å². The zero-order valence-electron chi connectivity index (χ0n) is 20.0. The summed E-state index contributed by atoms with van der Waals surface area (Å²) in [7, 11) is 0. The monoisotopic (exact) mass is 492 g/mol. The summed E-state index contributed by atoms with van der Waals surface area (Å²) in [4.78, 5) is 28.7. The lowest BCUT2D eigenvalue weighted by molar-refractivity contribution is -0.117. The molecule has 35 heavy (non-hydrogen) atoms. The van der Waals surface area contributed by atoms with Gasteiger partial charge in [-0.1, -0.05) is 18.9 Å². The van der Waals surface area contributed by atoms with Crippen LogP contribution in [0.15, 0.2) is 30.5 Å². The lowest BCUT2D eigenvalue weighted by atomic mass is 9.93. The topological polar surface area (TPSA) is 97.0 Å². The SMILES string of the molecule is Cl.NC1CCN(c2c3c(nc4ccc(-c5ccnc(NC(=O)C6CC6)n5)cc24)CCCCCC3)C1. The van der Waals surface area contributed by atoms with Crippen LogP contribution in [-0.4, -0.2) is 40.0 Å². The molecule has 3 aromatic rings. The van der Waals surface area contributed by atoms with Gasteiger partial charge in [-0.25, -0.2) is 9.97 Å². The Labute approximate surface area is 212 Å². The molecule has 2 fully saturated rings. The minimum atomic E-state index is 0. The van der Waals surface area contributed by atoms with E-state index in [4.69, 9.17) is 10.7 Å². The fourth-order valence-corrected chi connectivity index (χ4v) is 5.40. The lowest BCUT2D eigenvalue weighted by Crippen LogP contribution is -2.27. The maximum absolute atomic E-state index is 12.2. The van der Waals surface area contributed by atoms with Gasteiger partial charge in [-0.2, -0.15) is 0 Å². The van der Waals surface area contributed by atoms with Gasteiger partial charge in [-0.3, -0.25) is 15.1 Å². The number of anilines is 2. The van der Waals surface area contributed by atoms with Crippen molar-refractivity contribution >= 4 is 40.9 Å². The van der Waals surface area contributed by atoms with Crippen LogP contribution in [0.5, 0.6) is 0 Å². The van der Waals surface area contributed by atoms with Crippen LogP contribution in [0.1, 0.15) is 56.2 Å². The minimum absolute atomic E-state index is 0. The van der Waals surface area contributed by atoms with Crippen molar-refractivity contribution in [2.75, 3.05) is 23.3 Å². The molecule has 6 rings (SSSR count). The Bertz CT molecular complexity index is 1240. The quantitative estimate of drug-likeness (QED) is 0.549. The third kappa shape index (κ3) is 4.98. The molecule has 3 aliphatic rings. The molecule has 3 heterocycles. The standard InChI is InChI=1S/C27H32N6O.ClH/c28-19-12-14-33(16-19)25-20-5-3-1-2-4-6-23(20)30-24-10-9-18(15-21(24)25)22-11-13-29-27(31-22)32-26(34)17-7-8-17;/h9-11,13,15,17,19H,1-8,12,14,16,28H2,(H,29,31,32,34);1H. The molecule has 2 aromatic heterocycles. The number of amides is 1. The Morgan fingerprint density at radius 1 is 1.03 bits per heavy atom. The van der Waals surface area contributed by atoms with Gasteiger partial charge in [-0.15, -0.1) is 12.4 Å². The molecule has 1 saturated heterocycles. The van der Waals surface area contributed by atoms with Crippen molar-refractivity contribution in [1.29, 1.82) is 0 Å². The van der Waals surface area contributed by atoms with E-state index < -0.39 is 0 Å². The summed E-state index contributed by atoms with van der Waals surface area (Å²) in [5.74, 6) is 0.510. The summed E-state index contributed by atoms with van der Waals surface area (Å²) in [6.45, 7) is 1.88. The Kier molecular flexibility index (Phi) is 6.89. The molecule has 3 N–H and O–H groups in total. The van der Waals surface area contributed by atoms with E-state index in [9.17, 15) is 4.79 Å². The predicted molar refractivity (Wildman–Crippen MR) is 142 cm³/mol. The molecular weight excluding hydrogens is 460 g/mol. The molecule has 1 aliphatic heterocycles. The van der Waals surface area contributed by atoms with E-state index >= 15 is 0 Å². The molecule has 8 heteroatoms. The van der Waals surface area contributed by atoms with Crippen molar-refractivity contribution in [1.82, 2.24) is 15.0 Å². The van der Waals surface area contributed by atoms with E-state index in [1.165, 1.54) is 48.0 Å². The van der Waals surface area contributed by atoms with E-state index in [1.807, 2.05) is 6.07 Å². The van der Waals surface area contributed by atoms with Crippen LogP contribution >= 0.6 is 12.4 Å². The van der Waals surface area contributed by atoms with Crippen LogP contribution in [-0.2, 0) is 17.6 Å². The summed E-state index contributed by atoms with van der Waals surface area (Å²) in [5.41, 5.74) is 13.2. The number of pyridine rings is 1. The Balaban J connectivity index is 0.00000253. The van der Waals surface area contributed by atoms with Crippen molar-refractivity contribution in [3.05, 3.63) is 41.7 Å². The Morgan fingerprint density at radius 3 is 2.63 bits per heavy atom. The molecule has 1 amide bonds. The number of carbonyl (C=O) groups excluding carboxylic acids is 1. The molecule has 1 atom stereocenters. The normalized spacial score (nSPS) is 20.0. The molecule has 0 radical (unpaired) electrons. The van der Waals surface area contributed by atoms with E-state index in [0.29, 0.717) is 5.95 Å². The van der Waals surface area contributed by atoms with Gasteiger partial charge in [-0.05, 0) is 68.7 Å². The summed E-state index contributed by atoms with van der Waals surface area (Å²) in [5, 5.41) is 4.04. The van der Waals surface area contributed by atoms with Crippen LogP contribution in [0.3, 0.4) is 0 Å². The number of nitrogens with zero attached hydrogens (tertiary/aromatic N) is 4. The van der Waals surface area contributed by atoms with Gasteiger partial charge >= 0.3 is 0 Å². The Hall–Kier alpha value is -2.77. The first-order chi connectivity index (χ1) is 16.7. The number of aryl methyl sites for hydroxylation is 1. The predicted octanol–water partition coefficient (Wildman–Crippen LogP) is 4.66. The number of halogens is 1. The van der Waals surface area contributed by atoms with Crippen molar-refractivity contribution in [2.24, 2.45) is 11.7 Å².